The molecule has 2 N–H and O–H groups in total. The normalized spacial score (nSPS) is 21.8. The highest BCUT2D eigenvalue weighted by atomic mass is 19.1. The van der Waals surface area contributed by atoms with Crippen molar-refractivity contribution in [1.82, 2.24) is 0 Å². The molecule has 2 nitrogen and oxygen atoms in total. The molecule has 1 fully saturated rings. The Kier molecular flexibility index (Phi) is 2.70. The molecule has 0 aromatic carbocycles. The highest BCUT2D eigenvalue weighted by molar-refractivity contribution is 5.83. The molecular weight excluding hydrogens is 157 g/mol. The van der Waals surface area contributed by atoms with E-state index < -0.39 is 11.6 Å². The Labute approximate surface area is 72.3 Å². The van der Waals surface area contributed by atoms with E-state index in [9.17, 15) is 9.18 Å². The minimum absolute atomic E-state index is 0.277. The van der Waals surface area contributed by atoms with Crippen LogP contribution in [0.1, 0.15) is 39.0 Å². The summed E-state index contributed by atoms with van der Waals surface area (Å²) in [6, 6.07) is 0. The zero-order valence-corrected chi connectivity index (χ0v) is 7.48. The predicted molar refractivity (Wildman–Crippen MR) is 45.3 cm³/mol. The molecule has 0 aliphatic heterocycles. The van der Waals surface area contributed by atoms with Gasteiger partial charge in [-0.1, -0.05) is 26.2 Å². The highest BCUT2D eigenvalue weighted by Crippen LogP contribution is 2.39. The summed E-state index contributed by atoms with van der Waals surface area (Å²) in [5, 5.41) is 0. The van der Waals surface area contributed by atoms with E-state index in [1.54, 1.807) is 0 Å². The van der Waals surface area contributed by atoms with E-state index in [4.69, 9.17) is 5.73 Å². The Morgan fingerprint density at radius 3 is 2.58 bits per heavy atom. The van der Waals surface area contributed by atoms with Crippen molar-refractivity contribution < 1.29 is 9.18 Å². The topological polar surface area (TPSA) is 43.1 Å². The molecule has 1 rings (SSSR count). The lowest BCUT2D eigenvalue weighted by atomic mass is 9.93. The first kappa shape index (κ1) is 9.49. The molecule has 1 atom stereocenters. The Morgan fingerprint density at radius 2 is 2.25 bits per heavy atom. The highest BCUT2D eigenvalue weighted by Gasteiger charge is 2.41. The van der Waals surface area contributed by atoms with Crippen molar-refractivity contribution in [3.8, 4) is 0 Å². The van der Waals surface area contributed by atoms with E-state index >= 15 is 0 Å². The Bertz CT molecular complexity index is 179. The van der Waals surface area contributed by atoms with Gasteiger partial charge in [-0.2, -0.15) is 0 Å². The number of hydrogen-bond acceptors (Lipinski definition) is 1. The monoisotopic (exact) mass is 173 g/mol. The molecule has 3 heteroatoms. The van der Waals surface area contributed by atoms with Crippen molar-refractivity contribution >= 4 is 5.91 Å². The largest absolute Gasteiger partial charge is 0.367 e. The van der Waals surface area contributed by atoms with E-state index in [0.29, 0.717) is 18.8 Å². The van der Waals surface area contributed by atoms with Gasteiger partial charge >= 0.3 is 0 Å². The fraction of sp³-hybridized carbons (Fsp3) is 0.889. The third-order valence-electron chi connectivity index (χ3n) is 2.40. The Hall–Kier alpha value is -0.600. The van der Waals surface area contributed by atoms with Gasteiger partial charge in [0.15, 0.2) is 5.67 Å². The molecule has 0 spiro atoms. The van der Waals surface area contributed by atoms with E-state index in [1.807, 2.05) is 6.92 Å². The maximum Gasteiger partial charge on any atom is 0.255 e. The number of primary amides is 1. The maximum absolute atomic E-state index is 13.7. The molecule has 1 saturated carbocycles. The minimum Gasteiger partial charge on any atom is -0.367 e. The number of carbonyl (C=O) groups excluding carboxylic acids is 1. The number of alkyl halides is 1. The van der Waals surface area contributed by atoms with Crippen molar-refractivity contribution in [2.24, 2.45) is 11.7 Å². The molecular formula is C9H16FNO. The third-order valence-corrected chi connectivity index (χ3v) is 2.40. The SMILES string of the molecule is CCCC(F)(CC1CC1)C(N)=O. The smallest absolute Gasteiger partial charge is 0.255 e. The van der Waals surface area contributed by atoms with Gasteiger partial charge < -0.3 is 5.73 Å². The van der Waals surface area contributed by atoms with Crippen LogP contribution in [0.25, 0.3) is 0 Å². The van der Waals surface area contributed by atoms with E-state index in [1.165, 1.54) is 0 Å². The number of nitrogens with two attached hydrogens (primary N) is 1. The van der Waals surface area contributed by atoms with Crippen LogP contribution in [0, 0.1) is 5.92 Å². The summed E-state index contributed by atoms with van der Waals surface area (Å²) >= 11 is 0. The summed E-state index contributed by atoms with van der Waals surface area (Å²) in [6.07, 6.45) is 3.41. The van der Waals surface area contributed by atoms with Crippen LogP contribution in [-0.2, 0) is 4.79 Å². The van der Waals surface area contributed by atoms with Crippen molar-refractivity contribution in [3.63, 3.8) is 0 Å². The molecule has 0 saturated heterocycles. The lowest BCUT2D eigenvalue weighted by Crippen LogP contribution is -2.40. The van der Waals surface area contributed by atoms with Gasteiger partial charge in [0.1, 0.15) is 0 Å². The molecule has 70 valence electrons. The second kappa shape index (κ2) is 3.42. The van der Waals surface area contributed by atoms with Gasteiger partial charge in [-0.05, 0) is 18.8 Å². The zero-order chi connectivity index (χ0) is 9.19. The second-order valence-corrected chi connectivity index (χ2v) is 3.73. The lowest BCUT2D eigenvalue weighted by Gasteiger charge is -2.20. The molecule has 1 aliphatic rings. The van der Waals surface area contributed by atoms with E-state index in [0.717, 1.165) is 12.8 Å². The van der Waals surface area contributed by atoms with Crippen LogP contribution in [0.5, 0.6) is 0 Å². The van der Waals surface area contributed by atoms with Crippen LogP contribution in [0.3, 0.4) is 0 Å². The summed E-state index contributed by atoms with van der Waals surface area (Å²) < 4.78 is 13.7. The number of rotatable bonds is 5. The van der Waals surface area contributed by atoms with Crippen LogP contribution in [0.15, 0.2) is 0 Å². The van der Waals surface area contributed by atoms with E-state index in [2.05, 4.69) is 0 Å². The predicted octanol–water partition coefficient (Wildman–Crippen LogP) is 1.78. The van der Waals surface area contributed by atoms with Gasteiger partial charge in [-0.25, -0.2) is 4.39 Å². The summed E-state index contributed by atoms with van der Waals surface area (Å²) in [5.41, 5.74) is 3.29. The molecule has 0 radical (unpaired) electrons. The molecule has 0 bridgehead atoms. The number of carbonyl (C=O) groups is 1. The van der Waals surface area contributed by atoms with Crippen LogP contribution in [0.4, 0.5) is 4.39 Å². The summed E-state index contributed by atoms with van der Waals surface area (Å²) in [6.45, 7) is 1.87. The lowest BCUT2D eigenvalue weighted by molar-refractivity contribution is -0.130. The summed E-state index contributed by atoms with van der Waals surface area (Å²) in [5.74, 6) is -0.370. The number of hydrogen-bond donors (Lipinski definition) is 1. The van der Waals surface area contributed by atoms with Crippen molar-refractivity contribution in [1.29, 1.82) is 0 Å². The first-order chi connectivity index (χ1) is 5.58. The third kappa shape index (κ3) is 2.19. The molecule has 1 amide bonds. The maximum atomic E-state index is 13.7. The fourth-order valence-electron chi connectivity index (χ4n) is 1.50. The average molecular weight is 173 g/mol. The Balaban J connectivity index is 2.49. The number of amides is 1. The van der Waals surface area contributed by atoms with Crippen LogP contribution in [0.2, 0.25) is 0 Å². The van der Waals surface area contributed by atoms with Crippen molar-refractivity contribution in [3.05, 3.63) is 0 Å². The first-order valence-electron chi connectivity index (χ1n) is 4.57. The van der Waals surface area contributed by atoms with Crippen LogP contribution < -0.4 is 5.73 Å². The average Bonchev–Trinajstić information content (AvgIpc) is 2.71. The van der Waals surface area contributed by atoms with Gasteiger partial charge in [-0.3, -0.25) is 4.79 Å². The fourth-order valence-corrected chi connectivity index (χ4v) is 1.50. The molecule has 1 unspecified atom stereocenters. The summed E-state index contributed by atoms with van der Waals surface area (Å²) in [4.78, 5) is 10.8. The molecule has 12 heavy (non-hydrogen) atoms. The quantitative estimate of drug-likeness (QED) is 0.676. The zero-order valence-electron chi connectivity index (χ0n) is 7.48. The van der Waals surface area contributed by atoms with Gasteiger partial charge in [0.05, 0.1) is 0 Å². The van der Waals surface area contributed by atoms with E-state index in [-0.39, 0.29) is 6.42 Å². The number of halogens is 1. The molecule has 0 aromatic rings. The second-order valence-electron chi connectivity index (χ2n) is 3.73. The van der Waals surface area contributed by atoms with Gasteiger partial charge in [0, 0.05) is 0 Å². The Morgan fingerprint density at radius 1 is 1.67 bits per heavy atom. The van der Waals surface area contributed by atoms with Crippen LogP contribution in [-0.4, -0.2) is 11.6 Å². The van der Waals surface area contributed by atoms with Crippen molar-refractivity contribution in [2.75, 3.05) is 0 Å². The standard InChI is InChI=1S/C9H16FNO/c1-2-5-9(10,8(11)12)6-7-3-4-7/h7H,2-6H2,1H3,(H2,11,12). The molecule has 1 aliphatic carbocycles. The van der Waals surface area contributed by atoms with Gasteiger partial charge in [-0.15, -0.1) is 0 Å². The van der Waals surface area contributed by atoms with Gasteiger partial charge in [0.2, 0.25) is 0 Å². The molecule has 0 aromatic heterocycles. The van der Waals surface area contributed by atoms with Gasteiger partial charge in [0.25, 0.3) is 5.91 Å². The summed E-state index contributed by atoms with van der Waals surface area (Å²) in [7, 11) is 0. The first-order valence-corrected chi connectivity index (χ1v) is 4.57. The van der Waals surface area contributed by atoms with Crippen molar-refractivity contribution in [2.45, 2.75) is 44.7 Å². The molecule has 0 heterocycles. The minimum atomic E-state index is -1.73. The van der Waals surface area contributed by atoms with Crippen LogP contribution >= 0.6 is 0 Å².